The third kappa shape index (κ3) is 4.64. The van der Waals surface area contributed by atoms with E-state index in [9.17, 15) is 13.2 Å². The van der Waals surface area contributed by atoms with Crippen molar-refractivity contribution in [3.63, 3.8) is 0 Å². The predicted molar refractivity (Wildman–Crippen MR) is 60.6 cm³/mol. The molecule has 0 spiro atoms. The summed E-state index contributed by atoms with van der Waals surface area (Å²) in [6, 6.07) is 1.95. The van der Waals surface area contributed by atoms with E-state index in [1.165, 1.54) is 0 Å². The maximum atomic E-state index is 13.0. The van der Waals surface area contributed by atoms with Crippen LogP contribution in [-0.2, 0) is 11.3 Å². The number of benzene rings is 1. The van der Waals surface area contributed by atoms with Crippen molar-refractivity contribution in [2.24, 2.45) is 0 Å². The minimum absolute atomic E-state index is 0.0436. The Bertz CT molecular complexity index is 365. The first-order valence-corrected chi connectivity index (χ1v) is 5.55. The molecule has 0 saturated heterocycles. The Hall–Kier alpha value is -1.11. The van der Waals surface area contributed by atoms with Crippen molar-refractivity contribution < 1.29 is 23.0 Å². The highest BCUT2D eigenvalue weighted by Crippen LogP contribution is 2.14. The number of hydrogen-bond donors (Lipinski definition) is 1. The van der Waals surface area contributed by atoms with Crippen LogP contribution in [0.2, 0.25) is 0 Å². The van der Waals surface area contributed by atoms with Crippen molar-refractivity contribution in [3.05, 3.63) is 35.1 Å². The van der Waals surface area contributed by atoms with Gasteiger partial charge in [-0.1, -0.05) is 0 Å². The molecule has 0 amide bonds. The SMILES string of the molecule is CN(CCOCCO)Cc1cc(F)c(F)c(F)c1. The number of hydrogen-bond acceptors (Lipinski definition) is 3. The van der Waals surface area contributed by atoms with Crippen molar-refractivity contribution in [2.75, 3.05) is 33.4 Å². The lowest BCUT2D eigenvalue weighted by atomic mass is 10.2. The van der Waals surface area contributed by atoms with E-state index in [1.807, 2.05) is 0 Å². The number of ether oxygens (including phenoxy) is 1. The van der Waals surface area contributed by atoms with Gasteiger partial charge in [0.15, 0.2) is 17.5 Å². The van der Waals surface area contributed by atoms with E-state index in [0.29, 0.717) is 18.7 Å². The Labute approximate surface area is 104 Å². The smallest absolute Gasteiger partial charge is 0.194 e. The third-order valence-electron chi connectivity index (χ3n) is 2.35. The van der Waals surface area contributed by atoms with Gasteiger partial charge in [0.25, 0.3) is 0 Å². The molecule has 0 aromatic heterocycles. The highest BCUT2D eigenvalue weighted by molar-refractivity contribution is 5.19. The lowest BCUT2D eigenvalue weighted by molar-refractivity contribution is 0.0772. The van der Waals surface area contributed by atoms with E-state index < -0.39 is 17.5 Å². The molecule has 0 unspecified atom stereocenters. The number of nitrogens with zero attached hydrogens (tertiary/aromatic N) is 1. The Kier molecular flexibility index (Phi) is 6.11. The lowest BCUT2D eigenvalue weighted by Gasteiger charge is -2.16. The standard InChI is InChI=1S/C12H16F3NO2/c1-16(2-4-18-5-3-17)8-9-6-10(13)12(15)11(14)7-9/h6-7,17H,2-5,8H2,1H3. The Morgan fingerprint density at radius 3 is 2.33 bits per heavy atom. The summed E-state index contributed by atoms with van der Waals surface area (Å²) < 4.78 is 43.7. The first-order chi connectivity index (χ1) is 8.54. The van der Waals surface area contributed by atoms with Crippen LogP contribution in [0.25, 0.3) is 0 Å². The monoisotopic (exact) mass is 263 g/mol. The van der Waals surface area contributed by atoms with Crippen LogP contribution in [-0.4, -0.2) is 43.4 Å². The second kappa shape index (κ2) is 7.35. The Morgan fingerprint density at radius 2 is 1.78 bits per heavy atom. The molecular weight excluding hydrogens is 247 g/mol. The fraction of sp³-hybridized carbons (Fsp3) is 0.500. The van der Waals surface area contributed by atoms with Gasteiger partial charge in [-0.15, -0.1) is 0 Å². The van der Waals surface area contributed by atoms with Gasteiger partial charge >= 0.3 is 0 Å². The maximum absolute atomic E-state index is 13.0. The van der Waals surface area contributed by atoms with Crippen LogP contribution in [0.1, 0.15) is 5.56 Å². The molecule has 0 bridgehead atoms. The molecule has 0 fully saturated rings. The van der Waals surface area contributed by atoms with E-state index in [2.05, 4.69) is 0 Å². The Morgan fingerprint density at radius 1 is 1.17 bits per heavy atom. The van der Waals surface area contributed by atoms with Gasteiger partial charge in [0.1, 0.15) is 0 Å². The van der Waals surface area contributed by atoms with E-state index in [0.717, 1.165) is 12.1 Å². The third-order valence-corrected chi connectivity index (χ3v) is 2.35. The molecule has 0 heterocycles. The van der Waals surface area contributed by atoms with Crippen molar-refractivity contribution in [3.8, 4) is 0 Å². The average Bonchev–Trinajstić information content (AvgIpc) is 2.31. The summed E-state index contributed by atoms with van der Waals surface area (Å²) in [5, 5.41) is 8.50. The summed E-state index contributed by atoms with van der Waals surface area (Å²) in [6.07, 6.45) is 0. The zero-order valence-electron chi connectivity index (χ0n) is 10.1. The maximum Gasteiger partial charge on any atom is 0.194 e. The number of aliphatic hydroxyl groups excluding tert-OH is 1. The van der Waals surface area contributed by atoms with Crippen LogP contribution in [0.3, 0.4) is 0 Å². The summed E-state index contributed by atoms with van der Waals surface area (Å²) in [6.45, 7) is 1.45. The number of halogens is 3. The van der Waals surface area contributed by atoms with Crippen molar-refractivity contribution in [2.45, 2.75) is 6.54 Å². The molecule has 1 rings (SSSR count). The van der Waals surface area contributed by atoms with Gasteiger partial charge in [-0.05, 0) is 24.7 Å². The quantitative estimate of drug-likeness (QED) is 0.598. The molecule has 0 aliphatic heterocycles. The van der Waals surface area contributed by atoms with Crippen molar-refractivity contribution in [1.29, 1.82) is 0 Å². The van der Waals surface area contributed by atoms with Gasteiger partial charge in [-0.2, -0.15) is 0 Å². The van der Waals surface area contributed by atoms with E-state index in [1.54, 1.807) is 11.9 Å². The van der Waals surface area contributed by atoms with Crippen LogP contribution < -0.4 is 0 Å². The minimum Gasteiger partial charge on any atom is -0.394 e. The molecule has 1 N–H and O–H groups in total. The highest BCUT2D eigenvalue weighted by Gasteiger charge is 2.11. The number of rotatable bonds is 7. The molecule has 0 atom stereocenters. The van der Waals surface area contributed by atoms with Gasteiger partial charge in [0.05, 0.1) is 19.8 Å². The lowest BCUT2D eigenvalue weighted by Crippen LogP contribution is -2.23. The van der Waals surface area contributed by atoms with Crippen LogP contribution >= 0.6 is 0 Å². The topological polar surface area (TPSA) is 32.7 Å². The molecule has 1 aromatic rings. The van der Waals surface area contributed by atoms with Gasteiger partial charge < -0.3 is 9.84 Å². The van der Waals surface area contributed by atoms with Gasteiger partial charge in [-0.25, -0.2) is 13.2 Å². The van der Waals surface area contributed by atoms with Crippen LogP contribution in [0.5, 0.6) is 0 Å². The molecule has 1 aromatic carbocycles. The second-order valence-corrected chi connectivity index (χ2v) is 3.95. The van der Waals surface area contributed by atoms with Crippen molar-refractivity contribution >= 4 is 0 Å². The van der Waals surface area contributed by atoms with Crippen LogP contribution in [0.4, 0.5) is 13.2 Å². The molecule has 102 valence electrons. The minimum atomic E-state index is -1.45. The second-order valence-electron chi connectivity index (χ2n) is 3.95. The van der Waals surface area contributed by atoms with E-state index >= 15 is 0 Å². The highest BCUT2D eigenvalue weighted by atomic mass is 19.2. The first-order valence-electron chi connectivity index (χ1n) is 5.55. The van der Waals surface area contributed by atoms with Gasteiger partial charge in [-0.3, -0.25) is 4.90 Å². The summed E-state index contributed by atoms with van der Waals surface area (Å²) in [5.41, 5.74) is 0.357. The molecule has 0 aliphatic rings. The number of aliphatic hydroxyl groups is 1. The Balaban J connectivity index is 2.46. The number of likely N-dealkylation sites (N-methyl/N-ethyl adjacent to an activating group) is 1. The van der Waals surface area contributed by atoms with E-state index in [4.69, 9.17) is 9.84 Å². The van der Waals surface area contributed by atoms with Crippen LogP contribution in [0, 0.1) is 17.5 Å². The van der Waals surface area contributed by atoms with Gasteiger partial charge in [0, 0.05) is 13.1 Å². The summed E-state index contributed by atoms with van der Waals surface area (Å²) in [7, 11) is 1.75. The largest absolute Gasteiger partial charge is 0.394 e. The zero-order valence-corrected chi connectivity index (χ0v) is 10.1. The normalized spacial score (nSPS) is 11.2. The first kappa shape index (κ1) is 14.9. The average molecular weight is 263 g/mol. The fourth-order valence-electron chi connectivity index (χ4n) is 1.48. The molecule has 6 heteroatoms. The molecule has 0 aliphatic carbocycles. The molecule has 0 saturated carbocycles. The fourth-order valence-corrected chi connectivity index (χ4v) is 1.48. The van der Waals surface area contributed by atoms with Crippen LogP contribution in [0.15, 0.2) is 12.1 Å². The van der Waals surface area contributed by atoms with Crippen molar-refractivity contribution in [1.82, 2.24) is 4.90 Å². The molecular formula is C12H16F3NO2. The van der Waals surface area contributed by atoms with E-state index in [-0.39, 0.29) is 19.8 Å². The summed E-state index contributed by atoms with van der Waals surface area (Å²) >= 11 is 0. The molecule has 18 heavy (non-hydrogen) atoms. The molecule has 0 radical (unpaired) electrons. The summed E-state index contributed by atoms with van der Waals surface area (Å²) in [4.78, 5) is 1.78. The summed E-state index contributed by atoms with van der Waals surface area (Å²) in [5.74, 6) is -3.82. The van der Waals surface area contributed by atoms with Gasteiger partial charge in [0.2, 0.25) is 0 Å². The zero-order chi connectivity index (χ0) is 13.5. The molecule has 3 nitrogen and oxygen atoms in total. The predicted octanol–water partition coefficient (Wildman–Crippen LogP) is 1.54.